The fraction of sp³-hybridized carbons (Fsp3) is 0.538. The number of halogens is 2. The largest absolute Gasteiger partial charge is 0.379 e. The molecule has 2 rings (SSSR count). The molecule has 1 aromatic carbocycles. The average molecular weight is 302 g/mol. The van der Waals surface area contributed by atoms with Crippen LogP contribution in [0.2, 0.25) is 0 Å². The third-order valence-electron chi connectivity index (χ3n) is 3.06. The molecule has 0 amide bonds. The highest BCUT2D eigenvalue weighted by Gasteiger charge is 2.10. The van der Waals surface area contributed by atoms with Crippen LogP contribution < -0.4 is 0 Å². The Hall–Kier alpha value is -0.450. The van der Waals surface area contributed by atoms with E-state index in [1.54, 1.807) is 6.07 Å². The lowest BCUT2D eigenvalue weighted by Gasteiger charge is -2.26. The minimum absolute atomic E-state index is 0.172. The van der Waals surface area contributed by atoms with Crippen LogP contribution in [0.3, 0.4) is 0 Å². The van der Waals surface area contributed by atoms with Crippen LogP contribution in [0.25, 0.3) is 0 Å². The van der Waals surface area contributed by atoms with Crippen LogP contribution in [-0.2, 0) is 11.2 Å². The van der Waals surface area contributed by atoms with E-state index >= 15 is 0 Å². The van der Waals surface area contributed by atoms with Gasteiger partial charge in [-0.1, -0.05) is 12.1 Å². The lowest BCUT2D eigenvalue weighted by atomic mass is 10.1. The SMILES string of the molecule is Fc1cccc(CCCN2CCOCC2)c1Br. The minimum Gasteiger partial charge on any atom is -0.379 e. The van der Waals surface area contributed by atoms with Gasteiger partial charge >= 0.3 is 0 Å². The van der Waals surface area contributed by atoms with Crippen molar-refractivity contribution in [2.24, 2.45) is 0 Å². The molecule has 1 saturated heterocycles. The molecule has 94 valence electrons. The van der Waals surface area contributed by atoms with E-state index in [4.69, 9.17) is 4.74 Å². The van der Waals surface area contributed by atoms with Crippen molar-refractivity contribution in [1.82, 2.24) is 4.90 Å². The molecule has 0 spiro atoms. The maximum atomic E-state index is 13.3. The van der Waals surface area contributed by atoms with Crippen LogP contribution in [0.1, 0.15) is 12.0 Å². The van der Waals surface area contributed by atoms with E-state index in [0.717, 1.165) is 51.3 Å². The molecule has 2 nitrogen and oxygen atoms in total. The Kier molecular flexibility index (Phi) is 4.95. The zero-order valence-electron chi connectivity index (χ0n) is 9.79. The van der Waals surface area contributed by atoms with Gasteiger partial charge in [-0.05, 0) is 46.9 Å². The molecular formula is C13H17BrFNO. The van der Waals surface area contributed by atoms with Crippen molar-refractivity contribution in [1.29, 1.82) is 0 Å². The van der Waals surface area contributed by atoms with Gasteiger partial charge in [0.25, 0.3) is 0 Å². The topological polar surface area (TPSA) is 12.5 Å². The smallest absolute Gasteiger partial charge is 0.137 e. The second-order valence-corrected chi connectivity index (χ2v) is 5.06. The van der Waals surface area contributed by atoms with Crippen molar-refractivity contribution in [2.45, 2.75) is 12.8 Å². The van der Waals surface area contributed by atoms with Crippen LogP contribution in [0.15, 0.2) is 22.7 Å². The third kappa shape index (κ3) is 3.76. The van der Waals surface area contributed by atoms with Gasteiger partial charge < -0.3 is 4.74 Å². The predicted molar refractivity (Wildman–Crippen MR) is 69.7 cm³/mol. The van der Waals surface area contributed by atoms with Gasteiger partial charge in [0.15, 0.2) is 0 Å². The molecule has 1 aromatic rings. The van der Waals surface area contributed by atoms with Crippen molar-refractivity contribution < 1.29 is 9.13 Å². The molecule has 1 fully saturated rings. The predicted octanol–water partition coefficient (Wildman–Crippen LogP) is 2.85. The van der Waals surface area contributed by atoms with Crippen molar-refractivity contribution in [2.75, 3.05) is 32.8 Å². The first-order chi connectivity index (χ1) is 8.27. The molecule has 0 aliphatic carbocycles. The monoisotopic (exact) mass is 301 g/mol. The van der Waals surface area contributed by atoms with Gasteiger partial charge in [-0.3, -0.25) is 4.90 Å². The van der Waals surface area contributed by atoms with Crippen LogP contribution in [0, 0.1) is 5.82 Å². The number of hydrogen-bond acceptors (Lipinski definition) is 2. The third-order valence-corrected chi connectivity index (χ3v) is 3.94. The first kappa shape index (κ1) is 13.0. The summed E-state index contributed by atoms with van der Waals surface area (Å²) in [6, 6.07) is 5.23. The van der Waals surface area contributed by atoms with Crippen molar-refractivity contribution >= 4 is 15.9 Å². The van der Waals surface area contributed by atoms with Gasteiger partial charge in [0.05, 0.1) is 17.7 Å². The number of hydrogen-bond donors (Lipinski definition) is 0. The minimum atomic E-state index is -0.172. The molecule has 4 heteroatoms. The Labute approximate surface area is 110 Å². The molecule has 0 aromatic heterocycles. The van der Waals surface area contributed by atoms with Gasteiger partial charge in [0.2, 0.25) is 0 Å². The van der Waals surface area contributed by atoms with Gasteiger partial charge in [0.1, 0.15) is 5.82 Å². The van der Waals surface area contributed by atoms with Crippen molar-refractivity contribution in [3.8, 4) is 0 Å². The summed E-state index contributed by atoms with van der Waals surface area (Å²) < 4.78 is 19.2. The molecule has 0 N–H and O–H groups in total. The molecule has 0 saturated carbocycles. The van der Waals surface area contributed by atoms with E-state index in [1.165, 1.54) is 6.07 Å². The average Bonchev–Trinajstić information content (AvgIpc) is 2.36. The molecule has 1 heterocycles. The first-order valence-electron chi connectivity index (χ1n) is 6.00. The van der Waals surface area contributed by atoms with Gasteiger partial charge in [-0.25, -0.2) is 4.39 Å². The summed E-state index contributed by atoms with van der Waals surface area (Å²) in [5.74, 6) is -0.172. The summed E-state index contributed by atoms with van der Waals surface area (Å²) >= 11 is 3.30. The first-order valence-corrected chi connectivity index (χ1v) is 6.79. The van der Waals surface area contributed by atoms with Gasteiger partial charge in [0, 0.05) is 13.1 Å². The van der Waals surface area contributed by atoms with Crippen molar-refractivity contribution in [3.63, 3.8) is 0 Å². The standard InChI is InChI=1S/C13H17BrFNO/c14-13-11(3-1-5-12(13)15)4-2-6-16-7-9-17-10-8-16/h1,3,5H,2,4,6-10H2. The number of benzene rings is 1. The van der Waals surface area contributed by atoms with E-state index in [9.17, 15) is 4.39 Å². The Morgan fingerprint density at radius 2 is 2.06 bits per heavy atom. The zero-order chi connectivity index (χ0) is 12.1. The Morgan fingerprint density at radius 1 is 1.29 bits per heavy atom. The Bertz CT molecular complexity index is 366. The van der Waals surface area contributed by atoms with Crippen LogP contribution in [-0.4, -0.2) is 37.7 Å². The maximum Gasteiger partial charge on any atom is 0.137 e. The zero-order valence-corrected chi connectivity index (χ0v) is 11.4. The Balaban J connectivity index is 1.79. The normalized spacial score (nSPS) is 17.3. The molecule has 0 bridgehead atoms. The lowest BCUT2D eigenvalue weighted by Crippen LogP contribution is -2.36. The van der Waals surface area contributed by atoms with Gasteiger partial charge in [-0.2, -0.15) is 0 Å². The summed E-state index contributed by atoms with van der Waals surface area (Å²) in [6.45, 7) is 4.77. The van der Waals surface area contributed by atoms with Gasteiger partial charge in [-0.15, -0.1) is 0 Å². The molecular weight excluding hydrogens is 285 g/mol. The van der Waals surface area contributed by atoms with E-state index in [2.05, 4.69) is 20.8 Å². The van der Waals surface area contributed by atoms with E-state index < -0.39 is 0 Å². The highest BCUT2D eigenvalue weighted by Crippen LogP contribution is 2.21. The summed E-state index contributed by atoms with van der Waals surface area (Å²) in [5, 5.41) is 0. The van der Waals surface area contributed by atoms with Crippen LogP contribution in [0.5, 0.6) is 0 Å². The van der Waals surface area contributed by atoms with Crippen molar-refractivity contribution in [3.05, 3.63) is 34.1 Å². The number of rotatable bonds is 4. The number of aryl methyl sites for hydroxylation is 1. The van der Waals surface area contributed by atoms with Crippen LogP contribution in [0.4, 0.5) is 4.39 Å². The second kappa shape index (κ2) is 6.47. The van der Waals surface area contributed by atoms with E-state index in [1.807, 2.05) is 6.07 Å². The lowest BCUT2D eigenvalue weighted by molar-refractivity contribution is 0.0374. The quantitative estimate of drug-likeness (QED) is 0.848. The molecule has 0 unspecified atom stereocenters. The molecule has 0 atom stereocenters. The fourth-order valence-corrected chi connectivity index (χ4v) is 2.52. The fourth-order valence-electron chi connectivity index (χ4n) is 2.06. The Morgan fingerprint density at radius 3 is 2.82 bits per heavy atom. The highest BCUT2D eigenvalue weighted by molar-refractivity contribution is 9.10. The second-order valence-electron chi connectivity index (χ2n) is 4.27. The molecule has 17 heavy (non-hydrogen) atoms. The summed E-state index contributed by atoms with van der Waals surface area (Å²) in [6.07, 6.45) is 1.97. The number of ether oxygens (including phenoxy) is 1. The highest BCUT2D eigenvalue weighted by atomic mass is 79.9. The number of morpholine rings is 1. The molecule has 0 radical (unpaired) electrons. The van der Waals surface area contributed by atoms with E-state index in [-0.39, 0.29) is 5.82 Å². The number of nitrogens with zero attached hydrogens (tertiary/aromatic N) is 1. The summed E-state index contributed by atoms with van der Waals surface area (Å²) in [4.78, 5) is 2.40. The summed E-state index contributed by atoms with van der Waals surface area (Å²) in [5.41, 5.74) is 1.05. The molecule has 1 aliphatic rings. The summed E-state index contributed by atoms with van der Waals surface area (Å²) in [7, 11) is 0. The maximum absolute atomic E-state index is 13.3. The van der Waals surface area contributed by atoms with E-state index in [0.29, 0.717) is 4.47 Å². The van der Waals surface area contributed by atoms with Crippen LogP contribution >= 0.6 is 15.9 Å². The molecule has 1 aliphatic heterocycles.